The number of aromatic nitrogens is 3. The maximum atomic E-state index is 5.48. The highest BCUT2D eigenvalue weighted by Gasteiger charge is 2.34. The van der Waals surface area contributed by atoms with Crippen molar-refractivity contribution < 1.29 is 4.74 Å². The molecule has 3 rings (SSSR count). The molecular formula is C15H22N4O. The standard InChI is InChI=1S/C15H22N4O/c1-15(2,3)14(18-8-10-20-11-9-18)19-13-7-5-4-6-12(13)16-17-19/h4-7,14H,8-11H2,1-3H3. The van der Waals surface area contributed by atoms with Crippen molar-refractivity contribution in [3.05, 3.63) is 24.3 Å². The summed E-state index contributed by atoms with van der Waals surface area (Å²) in [6.45, 7) is 10.2. The van der Waals surface area contributed by atoms with Crippen LogP contribution in [0.4, 0.5) is 0 Å². The second-order valence-corrected chi connectivity index (χ2v) is 6.41. The van der Waals surface area contributed by atoms with Crippen molar-refractivity contribution in [1.29, 1.82) is 0 Å². The lowest BCUT2D eigenvalue weighted by Crippen LogP contribution is -2.46. The Labute approximate surface area is 119 Å². The highest BCUT2D eigenvalue weighted by atomic mass is 16.5. The van der Waals surface area contributed by atoms with Crippen LogP contribution in [0.1, 0.15) is 26.9 Å². The van der Waals surface area contributed by atoms with Gasteiger partial charge in [-0.25, -0.2) is 4.68 Å². The molecule has 108 valence electrons. The molecule has 2 heterocycles. The van der Waals surface area contributed by atoms with Crippen LogP contribution in [0.2, 0.25) is 0 Å². The van der Waals surface area contributed by atoms with Crippen molar-refractivity contribution in [1.82, 2.24) is 19.9 Å². The van der Waals surface area contributed by atoms with Crippen molar-refractivity contribution in [2.24, 2.45) is 5.41 Å². The van der Waals surface area contributed by atoms with Crippen LogP contribution >= 0.6 is 0 Å². The first-order valence-electron chi connectivity index (χ1n) is 7.19. The number of hydrogen-bond acceptors (Lipinski definition) is 4. The van der Waals surface area contributed by atoms with Crippen molar-refractivity contribution in [3.63, 3.8) is 0 Å². The molecule has 0 bridgehead atoms. The van der Waals surface area contributed by atoms with E-state index in [-0.39, 0.29) is 11.6 Å². The summed E-state index contributed by atoms with van der Waals surface area (Å²) < 4.78 is 7.55. The average molecular weight is 274 g/mol. The summed E-state index contributed by atoms with van der Waals surface area (Å²) in [4.78, 5) is 2.45. The summed E-state index contributed by atoms with van der Waals surface area (Å²) in [5.41, 5.74) is 2.13. The molecule has 1 saturated heterocycles. The van der Waals surface area contributed by atoms with Gasteiger partial charge < -0.3 is 4.74 Å². The van der Waals surface area contributed by atoms with Crippen LogP contribution in [0, 0.1) is 5.41 Å². The summed E-state index contributed by atoms with van der Waals surface area (Å²) >= 11 is 0. The SMILES string of the molecule is CC(C)(C)C(N1CCOCC1)n1nnc2ccccc21. The third-order valence-corrected chi connectivity index (χ3v) is 3.78. The highest BCUT2D eigenvalue weighted by molar-refractivity contribution is 5.74. The quantitative estimate of drug-likeness (QED) is 0.843. The van der Waals surface area contributed by atoms with E-state index in [1.54, 1.807) is 0 Å². The van der Waals surface area contributed by atoms with Crippen LogP contribution in [0.25, 0.3) is 11.0 Å². The zero-order valence-electron chi connectivity index (χ0n) is 12.4. The maximum Gasteiger partial charge on any atom is 0.113 e. The van der Waals surface area contributed by atoms with Gasteiger partial charge in [0.2, 0.25) is 0 Å². The van der Waals surface area contributed by atoms with Gasteiger partial charge in [0.25, 0.3) is 0 Å². The van der Waals surface area contributed by atoms with Gasteiger partial charge in [-0.2, -0.15) is 0 Å². The molecule has 0 spiro atoms. The van der Waals surface area contributed by atoms with Crippen LogP contribution < -0.4 is 0 Å². The molecule has 1 aliphatic rings. The van der Waals surface area contributed by atoms with Crippen LogP contribution in [-0.4, -0.2) is 46.2 Å². The van der Waals surface area contributed by atoms with E-state index in [1.165, 1.54) is 0 Å². The van der Waals surface area contributed by atoms with Gasteiger partial charge in [-0.3, -0.25) is 4.90 Å². The molecule has 1 aromatic heterocycles. The molecule has 5 nitrogen and oxygen atoms in total. The van der Waals surface area contributed by atoms with E-state index in [1.807, 2.05) is 18.2 Å². The largest absolute Gasteiger partial charge is 0.379 e. The Morgan fingerprint density at radius 3 is 2.55 bits per heavy atom. The van der Waals surface area contributed by atoms with Gasteiger partial charge in [-0.1, -0.05) is 38.1 Å². The minimum atomic E-state index is 0.0772. The fourth-order valence-corrected chi connectivity index (χ4v) is 2.96. The molecule has 20 heavy (non-hydrogen) atoms. The molecule has 1 aromatic carbocycles. The zero-order chi connectivity index (χ0) is 14.2. The molecule has 2 aromatic rings. The fourth-order valence-electron chi connectivity index (χ4n) is 2.96. The van der Waals surface area contributed by atoms with Gasteiger partial charge in [0.15, 0.2) is 0 Å². The lowest BCUT2D eigenvalue weighted by Gasteiger charge is -2.41. The molecular weight excluding hydrogens is 252 g/mol. The van der Waals surface area contributed by atoms with Crippen molar-refractivity contribution >= 4 is 11.0 Å². The predicted molar refractivity (Wildman–Crippen MR) is 78.4 cm³/mol. The smallest absolute Gasteiger partial charge is 0.113 e. The minimum Gasteiger partial charge on any atom is -0.379 e. The van der Waals surface area contributed by atoms with Crippen LogP contribution in [0.3, 0.4) is 0 Å². The van der Waals surface area contributed by atoms with Gasteiger partial charge in [-0.05, 0) is 17.5 Å². The Balaban J connectivity index is 2.04. The van der Waals surface area contributed by atoms with Gasteiger partial charge in [0, 0.05) is 13.1 Å². The molecule has 1 aliphatic heterocycles. The average Bonchev–Trinajstić information content (AvgIpc) is 2.83. The first-order valence-corrected chi connectivity index (χ1v) is 7.19. The second-order valence-electron chi connectivity index (χ2n) is 6.41. The number of morpholine rings is 1. The molecule has 1 atom stereocenters. The molecule has 0 amide bonds. The fraction of sp³-hybridized carbons (Fsp3) is 0.600. The van der Waals surface area contributed by atoms with Gasteiger partial charge in [-0.15, -0.1) is 5.10 Å². The lowest BCUT2D eigenvalue weighted by molar-refractivity contribution is -0.0414. The number of fused-ring (bicyclic) bond motifs is 1. The Kier molecular flexibility index (Phi) is 3.48. The monoisotopic (exact) mass is 274 g/mol. The minimum absolute atomic E-state index is 0.0772. The summed E-state index contributed by atoms with van der Waals surface area (Å²) in [6.07, 6.45) is 0.193. The Bertz CT molecular complexity index is 581. The van der Waals surface area contributed by atoms with E-state index >= 15 is 0 Å². The highest BCUT2D eigenvalue weighted by Crippen LogP contribution is 2.35. The van der Waals surface area contributed by atoms with Gasteiger partial charge in [0.05, 0.1) is 18.7 Å². The number of benzene rings is 1. The van der Waals surface area contributed by atoms with E-state index < -0.39 is 0 Å². The van der Waals surface area contributed by atoms with E-state index in [4.69, 9.17) is 4.74 Å². The maximum absolute atomic E-state index is 5.48. The molecule has 0 saturated carbocycles. The van der Waals surface area contributed by atoms with Crippen molar-refractivity contribution in [3.8, 4) is 0 Å². The second kappa shape index (κ2) is 5.14. The summed E-state index contributed by atoms with van der Waals surface area (Å²) in [7, 11) is 0. The van der Waals surface area contributed by atoms with E-state index in [0.717, 1.165) is 37.3 Å². The Hall–Kier alpha value is -1.46. The summed E-state index contributed by atoms with van der Waals surface area (Å²) in [5, 5.41) is 8.72. The lowest BCUT2D eigenvalue weighted by atomic mass is 9.90. The van der Waals surface area contributed by atoms with Crippen LogP contribution in [-0.2, 0) is 4.74 Å². The van der Waals surface area contributed by atoms with Crippen LogP contribution in [0.15, 0.2) is 24.3 Å². The number of nitrogens with zero attached hydrogens (tertiary/aromatic N) is 4. The van der Waals surface area contributed by atoms with Crippen LogP contribution in [0.5, 0.6) is 0 Å². The van der Waals surface area contributed by atoms with Crippen molar-refractivity contribution in [2.75, 3.05) is 26.3 Å². The molecule has 1 fully saturated rings. The summed E-state index contributed by atoms with van der Waals surface area (Å²) in [6, 6.07) is 8.15. The van der Waals surface area contributed by atoms with Crippen molar-refractivity contribution in [2.45, 2.75) is 26.9 Å². The third-order valence-electron chi connectivity index (χ3n) is 3.78. The van der Waals surface area contributed by atoms with E-state index in [2.05, 4.69) is 46.7 Å². The number of rotatable bonds is 2. The Morgan fingerprint density at radius 1 is 1.15 bits per heavy atom. The van der Waals surface area contributed by atoms with E-state index in [0.29, 0.717) is 0 Å². The Morgan fingerprint density at radius 2 is 1.85 bits per heavy atom. The first kappa shape index (κ1) is 13.5. The van der Waals surface area contributed by atoms with Gasteiger partial charge >= 0.3 is 0 Å². The molecule has 0 radical (unpaired) electrons. The van der Waals surface area contributed by atoms with Gasteiger partial charge in [0.1, 0.15) is 11.7 Å². The molecule has 0 aliphatic carbocycles. The summed E-state index contributed by atoms with van der Waals surface area (Å²) in [5.74, 6) is 0. The molecule has 0 N–H and O–H groups in total. The zero-order valence-corrected chi connectivity index (χ0v) is 12.4. The number of para-hydroxylation sites is 1. The third kappa shape index (κ3) is 2.43. The number of ether oxygens (including phenoxy) is 1. The topological polar surface area (TPSA) is 43.2 Å². The molecule has 5 heteroatoms. The predicted octanol–water partition coefficient (Wildman–Crippen LogP) is 2.31. The van der Waals surface area contributed by atoms with E-state index in [9.17, 15) is 0 Å². The normalized spacial score (nSPS) is 19.4. The number of hydrogen-bond donors (Lipinski definition) is 0. The molecule has 1 unspecified atom stereocenters. The first-order chi connectivity index (χ1) is 9.57.